The van der Waals surface area contributed by atoms with E-state index >= 15 is 0 Å². The predicted molar refractivity (Wildman–Crippen MR) is 194 cm³/mol. The fourth-order valence-corrected chi connectivity index (χ4v) is 4.38. The molecule has 3 aromatic rings. The van der Waals surface area contributed by atoms with E-state index in [0.29, 0.717) is 31.7 Å². The Kier molecular flexibility index (Phi) is 18.8. The van der Waals surface area contributed by atoms with Crippen LogP contribution in [0.25, 0.3) is 0 Å². The molecular weight excluding hydrogens is 606 g/mol. The smallest absolute Gasteiger partial charge is 0.211 e. The van der Waals surface area contributed by atoms with Gasteiger partial charge in [0.25, 0.3) is 0 Å². The second kappa shape index (κ2) is 23.1. The fourth-order valence-electron chi connectivity index (χ4n) is 4.38. The number of aromatic nitrogens is 1. The molecule has 0 aliphatic heterocycles. The molecule has 48 heavy (non-hydrogen) atoms. The van der Waals surface area contributed by atoms with Crippen molar-refractivity contribution in [1.29, 1.82) is 5.26 Å². The maximum atomic E-state index is 10.6. The van der Waals surface area contributed by atoms with E-state index < -0.39 is 0 Å². The van der Waals surface area contributed by atoms with Crippen LogP contribution in [0.1, 0.15) is 36.5 Å². The van der Waals surface area contributed by atoms with Crippen molar-refractivity contribution in [1.82, 2.24) is 4.68 Å². The minimum absolute atomic E-state index is 0.340. The van der Waals surface area contributed by atoms with Crippen LogP contribution in [0.4, 0.5) is 11.4 Å². The first kappa shape index (κ1) is 38.9. The molecule has 1 heterocycles. The topological polar surface area (TPSA) is 119 Å². The number of methoxy groups -OCH3 is 3. The monoisotopic (exact) mass is 655 g/mol. The molecule has 0 bridgehead atoms. The van der Waals surface area contributed by atoms with Crippen LogP contribution in [0.2, 0.25) is 0 Å². The molecule has 0 aliphatic rings. The summed E-state index contributed by atoms with van der Waals surface area (Å²) in [6.45, 7) is 9.62. The Bertz CT molecular complexity index is 1530. The number of nitriles is 1. The zero-order valence-electron chi connectivity index (χ0n) is 28.8. The number of amides is 1. The average Bonchev–Trinajstić information content (AvgIpc) is 3.45. The van der Waals surface area contributed by atoms with Crippen molar-refractivity contribution >= 4 is 17.8 Å². The Labute approximate surface area is 285 Å². The number of ether oxygens (including phenoxy) is 4. The lowest BCUT2D eigenvalue weighted by atomic mass is 10.1. The quantitative estimate of drug-likeness (QED) is 0.0381. The molecule has 0 unspecified atom stereocenters. The third kappa shape index (κ3) is 14.5. The number of nitrogens with zero attached hydrogens (tertiary/aromatic N) is 2. The van der Waals surface area contributed by atoms with Crippen molar-refractivity contribution in [3.8, 4) is 17.6 Å². The summed E-state index contributed by atoms with van der Waals surface area (Å²) < 4.78 is 22.8. The van der Waals surface area contributed by atoms with Crippen LogP contribution in [-0.4, -0.2) is 52.2 Å². The number of carbonyl (C=O) groups excluding carboxylic acids is 1. The Morgan fingerprint density at radius 1 is 1.00 bits per heavy atom. The number of carbonyl (C=O) groups is 1. The van der Waals surface area contributed by atoms with Gasteiger partial charge in [0.15, 0.2) is 11.5 Å². The minimum Gasteiger partial charge on any atom is -0.493 e. The maximum Gasteiger partial charge on any atom is 0.211 e. The normalized spacial score (nSPS) is 11.2. The molecule has 10 nitrogen and oxygen atoms in total. The Hall–Kier alpha value is -5.24. The number of benzene rings is 2. The molecule has 0 saturated carbocycles. The van der Waals surface area contributed by atoms with E-state index in [0.717, 1.165) is 65.6 Å². The van der Waals surface area contributed by atoms with E-state index in [4.69, 9.17) is 18.9 Å². The highest BCUT2D eigenvalue weighted by atomic mass is 16.5. The minimum atomic E-state index is 0.340. The number of hydrogen-bond donors (Lipinski definition) is 3. The number of hydrogen-bond acceptors (Lipinski definition) is 8. The van der Waals surface area contributed by atoms with Crippen LogP contribution in [-0.2, 0) is 27.3 Å². The molecule has 0 saturated heterocycles. The molecule has 3 N–H and O–H groups in total. The van der Waals surface area contributed by atoms with Gasteiger partial charge in [-0.1, -0.05) is 55.2 Å². The molecule has 0 radical (unpaired) electrons. The van der Waals surface area contributed by atoms with E-state index in [9.17, 15) is 10.1 Å². The van der Waals surface area contributed by atoms with Gasteiger partial charge in [0, 0.05) is 37.5 Å². The van der Waals surface area contributed by atoms with Gasteiger partial charge < -0.3 is 35.0 Å². The predicted octanol–water partition coefficient (Wildman–Crippen LogP) is 7.31. The molecule has 1 amide bonds. The van der Waals surface area contributed by atoms with Crippen LogP contribution in [0, 0.1) is 18.3 Å². The van der Waals surface area contributed by atoms with Crippen LogP contribution in [0.15, 0.2) is 103 Å². The highest BCUT2D eigenvalue weighted by Gasteiger charge is 2.06. The summed E-state index contributed by atoms with van der Waals surface area (Å²) in [5, 5.41) is 15.5. The van der Waals surface area contributed by atoms with Gasteiger partial charge in [0.2, 0.25) is 6.41 Å². The summed E-state index contributed by atoms with van der Waals surface area (Å²) in [4.78, 5) is 10.6. The van der Waals surface area contributed by atoms with E-state index in [-0.39, 0.29) is 0 Å². The standard InChI is InChI=1S/C26H31N5O2.C12H18O3/c1-4-5-6-7-8-9-14-33-19-23-10-12-25(13-11-23)30-22(3)24(15-27)16-29-31-17-21(2)26(18-31)28-20-32;1-13-8-4-5-10-6-7-11(14-2)12(9-10)15-3/h4-6,8-13,17-18,20,29-30H,1,7,14,16,19H2,2-3H3,(H,28,32);6-7,9H,4-5,8H2,1-3H3/b6-5-,9-8-,24-22+;. The summed E-state index contributed by atoms with van der Waals surface area (Å²) in [7, 11) is 5.01. The van der Waals surface area contributed by atoms with Gasteiger partial charge in [-0.05, 0) is 74.1 Å². The maximum absolute atomic E-state index is 10.6. The Morgan fingerprint density at radius 3 is 2.42 bits per heavy atom. The third-order valence-corrected chi connectivity index (χ3v) is 7.01. The molecule has 10 heteroatoms. The highest BCUT2D eigenvalue weighted by Crippen LogP contribution is 2.28. The second-order valence-electron chi connectivity index (χ2n) is 10.6. The highest BCUT2D eigenvalue weighted by molar-refractivity contribution is 5.72. The van der Waals surface area contributed by atoms with Gasteiger partial charge in [0.05, 0.1) is 51.3 Å². The van der Waals surface area contributed by atoms with Gasteiger partial charge in [-0.3, -0.25) is 9.47 Å². The van der Waals surface area contributed by atoms with E-state index in [1.54, 1.807) is 38.3 Å². The lowest BCUT2D eigenvalue weighted by molar-refractivity contribution is -0.105. The summed E-state index contributed by atoms with van der Waals surface area (Å²) in [5.74, 6) is 1.56. The van der Waals surface area contributed by atoms with Gasteiger partial charge >= 0.3 is 0 Å². The van der Waals surface area contributed by atoms with Crippen molar-refractivity contribution in [2.45, 2.75) is 39.7 Å². The third-order valence-electron chi connectivity index (χ3n) is 7.01. The SMILES string of the molecule is C=C/C=C\C/C=C\COCc1ccc(N/C(C)=C(\C#N)CNn2cc(C)c(NC=O)c2)cc1.COCCCc1ccc(OC)c(OC)c1. The summed E-state index contributed by atoms with van der Waals surface area (Å²) >= 11 is 0. The molecule has 0 fully saturated rings. The Morgan fingerprint density at radius 2 is 1.75 bits per heavy atom. The van der Waals surface area contributed by atoms with Gasteiger partial charge in [0.1, 0.15) is 0 Å². The molecule has 2 aromatic carbocycles. The van der Waals surface area contributed by atoms with Gasteiger partial charge in [-0.15, -0.1) is 0 Å². The first-order valence-electron chi connectivity index (χ1n) is 15.7. The van der Waals surface area contributed by atoms with Crippen molar-refractivity contribution in [3.63, 3.8) is 0 Å². The van der Waals surface area contributed by atoms with Crippen molar-refractivity contribution in [2.75, 3.05) is 57.1 Å². The largest absolute Gasteiger partial charge is 0.493 e. The lowest BCUT2D eigenvalue weighted by Crippen LogP contribution is -2.17. The fraction of sp³-hybridized carbons (Fsp3) is 0.316. The zero-order valence-corrected chi connectivity index (χ0v) is 28.8. The second-order valence-corrected chi connectivity index (χ2v) is 10.6. The Balaban J connectivity index is 0.000000444. The molecule has 0 aliphatic carbocycles. The van der Waals surface area contributed by atoms with E-state index in [2.05, 4.69) is 40.8 Å². The number of aryl methyl sites for hydroxylation is 2. The van der Waals surface area contributed by atoms with Gasteiger partial charge in [-0.25, -0.2) is 0 Å². The average molecular weight is 656 g/mol. The lowest BCUT2D eigenvalue weighted by Gasteiger charge is -2.12. The summed E-state index contributed by atoms with van der Waals surface area (Å²) in [5.41, 5.74) is 9.34. The first-order chi connectivity index (χ1) is 23.4. The molecule has 3 rings (SSSR count). The summed E-state index contributed by atoms with van der Waals surface area (Å²) in [6.07, 6.45) is 16.9. The van der Waals surface area contributed by atoms with Crippen LogP contribution in [0.5, 0.6) is 11.5 Å². The molecule has 0 atom stereocenters. The van der Waals surface area contributed by atoms with E-state index in [1.807, 2.05) is 74.7 Å². The summed E-state index contributed by atoms with van der Waals surface area (Å²) in [6, 6.07) is 16.2. The molecule has 1 aromatic heterocycles. The van der Waals surface area contributed by atoms with Crippen molar-refractivity contribution in [3.05, 3.63) is 120 Å². The van der Waals surface area contributed by atoms with Crippen LogP contribution >= 0.6 is 0 Å². The van der Waals surface area contributed by atoms with Crippen molar-refractivity contribution < 1.29 is 23.7 Å². The first-order valence-corrected chi connectivity index (χ1v) is 15.7. The molecular formula is C38H49N5O5. The molecule has 256 valence electrons. The van der Waals surface area contributed by atoms with Crippen LogP contribution < -0.4 is 25.5 Å². The number of rotatable bonds is 20. The van der Waals surface area contributed by atoms with E-state index in [1.165, 1.54) is 5.56 Å². The number of nitrogens with one attached hydrogen (secondary N) is 3. The number of anilines is 2. The zero-order chi connectivity index (χ0) is 35.0. The van der Waals surface area contributed by atoms with Crippen LogP contribution in [0.3, 0.4) is 0 Å². The number of allylic oxidation sites excluding steroid dienone is 5. The molecule has 0 spiro atoms. The van der Waals surface area contributed by atoms with Crippen molar-refractivity contribution in [2.24, 2.45) is 0 Å². The van der Waals surface area contributed by atoms with Gasteiger partial charge in [-0.2, -0.15) is 5.26 Å².